The average molecular weight is 402 g/mol. The number of nitrogens with one attached hydrogen (secondary N) is 1. The first kappa shape index (κ1) is 19.3. The second kappa shape index (κ2) is 8.16. The topological polar surface area (TPSA) is 71.1 Å². The largest absolute Gasteiger partial charge is 0.497 e. The van der Waals surface area contributed by atoms with Gasteiger partial charge in [0.05, 0.1) is 24.1 Å². The molecular weight excluding hydrogens is 383 g/mol. The van der Waals surface area contributed by atoms with Gasteiger partial charge in [-0.1, -0.05) is 0 Å². The first-order valence-electron chi connectivity index (χ1n) is 9.28. The zero-order valence-electron chi connectivity index (χ0n) is 16.5. The molecule has 1 N–H and O–H groups in total. The molecule has 150 valence electrons. The molecular formula is C23H19FN4O2. The second-order valence-electron chi connectivity index (χ2n) is 6.59. The van der Waals surface area contributed by atoms with Gasteiger partial charge >= 0.3 is 0 Å². The zero-order valence-corrected chi connectivity index (χ0v) is 16.5. The van der Waals surface area contributed by atoms with E-state index in [9.17, 15) is 9.18 Å². The van der Waals surface area contributed by atoms with Crippen molar-refractivity contribution in [3.8, 4) is 28.1 Å². The van der Waals surface area contributed by atoms with Crippen LogP contribution < -0.4 is 9.64 Å². The number of carbonyl (C=O) groups excluding carboxylic acids is 1. The van der Waals surface area contributed by atoms with E-state index >= 15 is 0 Å². The van der Waals surface area contributed by atoms with Crippen molar-refractivity contribution in [1.82, 2.24) is 15.2 Å². The maximum Gasteiger partial charge on any atom is 0.229 e. The molecule has 0 spiro atoms. The Bertz CT molecular complexity index is 1160. The smallest absolute Gasteiger partial charge is 0.229 e. The molecule has 2 aromatic carbocycles. The average Bonchev–Trinajstić information content (AvgIpc) is 3.20. The molecule has 1 amide bonds. The van der Waals surface area contributed by atoms with Gasteiger partial charge in [-0.05, 0) is 66.2 Å². The summed E-state index contributed by atoms with van der Waals surface area (Å²) in [5.74, 6) is 0.601. The molecule has 0 aliphatic carbocycles. The van der Waals surface area contributed by atoms with Crippen LogP contribution in [-0.4, -0.2) is 28.2 Å². The highest BCUT2D eigenvalue weighted by Crippen LogP contribution is 2.40. The summed E-state index contributed by atoms with van der Waals surface area (Å²) in [6.07, 6.45) is 3.35. The number of anilines is 2. The number of H-pyrrole nitrogens is 1. The van der Waals surface area contributed by atoms with E-state index in [1.165, 1.54) is 24.0 Å². The molecule has 2 heterocycles. The van der Waals surface area contributed by atoms with Gasteiger partial charge in [-0.25, -0.2) is 4.39 Å². The lowest BCUT2D eigenvalue weighted by atomic mass is 10.0. The van der Waals surface area contributed by atoms with E-state index in [2.05, 4.69) is 15.2 Å². The van der Waals surface area contributed by atoms with Gasteiger partial charge in [0.2, 0.25) is 5.91 Å². The van der Waals surface area contributed by atoms with E-state index in [0.29, 0.717) is 22.9 Å². The van der Waals surface area contributed by atoms with E-state index < -0.39 is 0 Å². The molecule has 0 aliphatic heterocycles. The van der Waals surface area contributed by atoms with Crippen molar-refractivity contribution < 1.29 is 13.9 Å². The molecule has 0 fully saturated rings. The Balaban J connectivity index is 1.91. The van der Waals surface area contributed by atoms with E-state index in [1.807, 2.05) is 12.1 Å². The molecule has 0 unspecified atom stereocenters. The van der Waals surface area contributed by atoms with Gasteiger partial charge in [0.15, 0.2) is 5.82 Å². The maximum atomic E-state index is 13.5. The van der Waals surface area contributed by atoms with Gasteiger partial charge in [0, 0.05) is 24.9 Å². The van der Waals surface area contributed by atoms with Gasteiger partial charge in [-0.3, -0.25) is 19.8 Å². The fourth-order valence-corrected chi connectivity index (χ4v) is 3.30. The molecule has 4 aromatic rings. The van der Waals surface area contributed by atoms with Crippen LogP contribution in [0.25, 0.3) is 22.4 Å². The van der Waals surface area contributed by atoms with Crippen molar-refractivity contribution in [2.75, 3.05) is 12.0 Å². The third kappa shape index (κ3) is 3.65. The molecule has 0 bridgehead atoms. The first-order valence-corrected chi connectivity index (χ1v) is 9.28. The SMILES string of the molecule is COc1ccc(N(C(C)=O)c2n[nH]c(-c3ccc(F)cc3)c2-c2ccncc2)cc1. The van der Waals surface area contributed by atoms with E-state index in [-0.39, 0.29) is 11.7 Å². The molecule has 7 heteroatoms. The van der Waals surface area contributed by atoms with Crippen LogP contribution in [0.4, 0.5) is 15.9 Å². The number of carbonyl (C=O) groups is 1. The molecule has 0 saturated carbocycles. The number of methoxy groups -OCH3 is 1. The van der Waals surface area contributed by atoms with Crippen LogP contribution >= 0.6 is 0 Å². The predicted molar refractivity (Wildman–Crippen MR) is 113 cm³/mol. The Morgan fingerprint density at radius 1 is 0.967 bits per heavy atom. The summed E-state index contributed by atoms with van der Waals surface area (Å²) in [6, 6.07) is 16.9. The summed E-state index contributed by atoms with van der Waals surface area (Å²) < 4.78 is 18.7. The summed E-state index contributed by atoms with van der Waals surface area (Å²) >= 11 is 0. The van der Waals surface area contributed by atoms with Crippen molar-refractivity contribution in [2.45, 2.75) is 6.92 Å². The quantitative estimate of drug-likeness (QED) is 0.512. The second-order valence-corrected chi connectivity index (χ2v) is 6.59. The van der Waals surface area contributed by atoms with Crippen LogP contribution in [0.2, 0.25) is 0 Å². The summed E-state index contributed by atoms with van der Waals surface area (Å²) in [6.45, 7) is 1.48. The number of halogens is 1. The molecule has 0 aliphatic rings. The Hall–Kier alpha value is -4.00. The normalized spacial score (nSPS) is 10.6. The van der Waals surface area contributed by atoms with Crippen LogP contribution in [-0.2, 0) is 4.79 Å². The molecule has 30 heavy (non-hydrogen) atoms. The Kier molecular flexibility index (Phi) is 5.26. The standard InChI is InChI=1S/C23H19FN4O2/c1-15(29)28(19-7-9-20(30-2)10-8-19)23-21(16-11-13-25-14-12-16)22(26-27-23)17-3-5-18(24)6-4-17/h3-14H,1-2H3,(H,26,27). The van der Waals surface area contributed by atoms with Crippen molar-refractivity contribution in [3.05, 3.63) is 78.9 Å². The Morgan fingerprint density at radius 2 is 1.63 bits per heavy atom. The van der Waals surface area contributed by atoms with Gasteiger partial charge in [0.1, 0.15) is 11.6 Å². The van der Waals surface area contributed by atoms with E-state index in [4.69, 9.17) is 4.74 Å². The third-order valence-electron chi connectivity index (χ3n) is 4.71. The lowest BCUT2D eigenvalue weighted by Gasteiger charge is -2.21. The Morgan fingerprint density at radius 3 is 2.23 bits per heavy atom. The highest BCUT2D eigenvalue weighted by molar-refractivity contribution is 6.04. The van der Waals surface area contributed by atoms with Crippen molar-refractivity contribution in [2.24, 2.45) is 0 Å². The number of ether oxygens (including phenoxy) is 1. The zero-order chi connectivity index (χ0) is 21.1. The van der Waals surface area contributed by atoms with Crippen molar-refractivity contribution in [3.63, 3.8) is 0 Å². The highest BCUT2D eigenvalue weighted by atomic mass is 19.1. The number of rotatable bonds is 5. The minimum absolute atomic E-state index is 0.201. The highest BCUT2D eigenvalue weighted by Gasteiger charge is 2.25. The summed E-state index contributed by atoms with van der Waals surface area (Å²) in [4.78, 5) is 18.3. The van der Waals surface area contributed by atoms with E-state index in [1.54, 1.807) is 55.9 Å². The summed E-state index contributed by atoms with van der Waals surface area (Å²) in [5, 5.41) is 7.49. The fraction of sp³-hybridized carbons (Fsp3) is 0.0870. The first-order chi connectivity index (χ1) is 14.6. The van der Waals surface area contributed by atoms with Crippen LogP contribution in [0.15, 0.2) is 73.1 Å². The van der Waals surface area contributed by atoms with Crippen LogP contribution in [0.5, 0.6) is 5.75 Å². The summed E-state index contributed by atoms with van der Waals surface area (Å²) in [5.41, 5.74) is 3.62. The van der Waals surface area contributed by atoms with Crippen LogP contribution in [0.3, 0.4) is 0 Å². The number of amides is 1. The van der Waals surface area contributed by atoms with Crippen LogP contribution in [0.1, 0.15) is 6.92 Å². The predicted octanol–water partition coefficient (Wildman–Crippen LogP) is 4.97. The lowest BCUT2D eigenvalue weighted by molar-refractivity contribution is -0.115. The Labute approximate surface area is 173 Å². The molecule has 0 radical (unpaired) electrons. The third-order valence-corrected chi connectivity index (χ3v) is 4.71. The minimum Gasteiger partial charge on any atom is -0.497 e. The van der Waals surface area contributed by atoms with Gasteiger partial charge in [-0.15, -0.1) is 0 Å². The minimum atomic E-state index is -0.326. The van der Waals surface area contributed by atoms with Crippen molar-refractivity contribution in [1.29, 1.82) is 0 Å². The maximum absolute atomic E-state index is 13.5. The molecule has 0 atom stereocenters. The number of benzene rings is 2. The fourth-order valence-electron chi connectivity index (χ4n) is 3.30. The number of hydrogen-bond acceptors (Lipinski definition) is 4. The number of pyridine rings is 1. The van der Waals surface area contributed by atoms with E-state index in [0.717, 1.165) is 16.7 Å². The number of aromatic nitrogens is 3. The monoisotopic (exact) mass is 402 g/mol. The molecule has 6 nitrogen and oxygen atoms in total. The van der Waals surface area contributed by atoms with Gasteiger partial charge in [-0.2, -0.15) is 5.10 Å². The molecule has 2 aromatic heterocycles. The molecule has 0 saturated heterocycles. The number of aromatic amines is 1. The number of hydrogen-bond donors (Lipinski definition) is 1. The van der Waals surface area contributed by atoms with Gasteiger partial charge < -0.3 is 4.74 Å². The summed E-state index contributed by atoms with van der Waals surface area (Å²) in [7, 11) is 1.59. The van der Waals surface area contributed by atoms with Crippen LogP contribution in [0, 0.1) is 5.82 Å². The number of nitrogens with zero attached hydrogens (tertiary/aromatic N) is 3. The molecule has 4 rings (SSSR count). The lowest BCUT2D eigenvalue weighted by Crippen LogP contribution is -2.23. The van der Waals surface area contributed by atoms with Gasteiger partial charge in [0.25, 0.3) is 0 Å². The van der Waals surface area contributed by atoms with Crippen molar-refractivity contribution >= 4 is 17.4 Å².